The van der Waals surface area contributed by atoms with Gasteiger partial charge in [0.05, 0.1) is 17.3 Å². The zero-order valence-electron chi connectivity index (χ0n) is 18.3. The Labute approximate surface area is 189 Å². The molecule has 1 aromatic carbocycles. The Morgan fingerprint density at radius 1 is 1.09 bits per heavy atom. The third kappa shape index (κ3) is 4.19. The number of hydrogen-bond donors (Lipinski definition) is 2. The summed E-state index contributed by atoms with van der Waals surface area (Å²) >= 11 is 0. The number of nitrogens with one attached hydrogen (secondary N) is 2. The molecule has 0 unspecified atom stereocenters. The van der Waals surface area contributed by atoms with Crippen LogP contribution in [0.2, 0.25) is 0 Å². The van der Waals surface area contributed by atoms with Gasteiger partial charge in [-0.05, 0) is 24.1 Å². The van der Waals surface area contributed by atoms with E-state index in [1.807, 2.05) is 6.92 Å². The molecule has 4 rings (SSSR count). The van der Waals surface area contributed by atoms with Crippen molar-refractivity contribution in [2.45, 2.75) is 32.4 Å². The Balaban J connectivity index is 1.56. The zero-order valence-corrected chi connectivity index (χ0v) is 18.3. The van der Waals surface area contributed by atoms with Gasteiger partial charge in [-0.1, -0.05) is 31.2 Å². The molecule has 0 spiro atoms. The van der Waals surface area contributed by atoms with Crippen molar-refractivity contribution in [3.05, 3.63) is 70.4 Å². The molecule has 2 aromatic heterocycles. The normalized spacial score (nSPS) is 17.9. The smallest absolute Gasteiger partial charge is 0.290 e. The Morgan fingerprint density at radius 2 is 1.85 bits per heavy atom. The largest absolute Gasteiger partial charge is 0.338 e. The molecule has 2 N–H and O–H groups in total. The van der Waals surface area contributed by atoms with Crippen LogP contribution in [0.15, 0.2) is 53.6 Å². The number of benzene rings is 1. The van der Waals surface area contributed by atoms with Crippen LogP contribution in [0.25, 0.3) is 10.8 Å². The number of pyridine rings is 1. The quantitative estimate of drug-likeness (QED) is 0.565. The lowest BCUT2D eigenvalue weighted by atomic mass is 9.94. The molecule has 1 aliphatic heterocycles. The van der Waals surface area contributed by atoms with E-state index in [0.717, 1.165) is 5.56 Å². The maximum absolute atomic E-state index is 12.9. The lowest BCUT2D eigenvalue weighted by Crippen LogP contribution is -2.46. The summed E-state index contributed by atoms with van der Waals surface area (Å²) in [5.74, 6) is -2.03. The van der Waals surface area contributed by atoms with E-state index in [4.69, 9.17) is 0 Å². The van der Waals surface area contributed by atoms with Gasteiger partial charge >= 0.3 is 0 Å². The lowest BCUT2D eigenvalue weighted by Gasteiger charge is -2.24. The van der Waals surface area contributed by atoms with E-state index in [0.29, 0.717) is 23.7 Å². The van der Waals surface area contributed by atoms with Crippen LogP contribution in [0.5, 0.6) is 0 Å². The van der Waals surface area contributed by atoms with Crippen molar-refractivity contribution >= 4 is 28.5 Å². The second kappa shape index (κ2) is 9.19. The summed E-state index contributed by atoms with van der Waals surface area (Å²) in [5, 5.41) is 4.99. The highest BCUT2D eigenvalue weighted by Crippen LogP contribution is 2.36. The number of carbonyl (C=O) groups is 3. The van der Waals surface area contributed by atoms with Gasteiger partial charge in [0.25, 0.3) is 11.5 Å². The van der Waals surface area contributed by atoms with Crippen molar-refractivity contribution < 1.29 is 14.4 Å². The molecule has 1 saturated heterocycles. The molecule has 33 heavy (non-hydrogen) atoms. The number of likely N-dealkylation sites (tertiary alicyclic amines) is 1. The fourth-order valence-corrected chi connectivity index (χ4v) is 4.15. The van der Waals surface area contributed by atoms with Gasteiger partial charge in [-0.15, -0.1) is 0 Å². The molecule has 3 amide bonds. The van der Waals surface area contributed by atoms with Gasteiger partial charge in [-0.2, -0.15) is 5.10 Å². The molecule has 0 radical (unpaired) electrons. The minimum atomic E-state index is -0.703. The highest BCUT2D eigenvalue weighted by molar-refractivity contribution is 6.05. The van der Waals surface area contributed by atoms with E-state index in [9.17, 15) is 19.2 Å². The number of aryl methyl sites for hydroxylation is 1. The number of fused-ring (bicyclic) bond motifs is 1. The van der Waals surface area contributed by atoms with Crippen molar-refractivity contribution in [3.63, 3.8) is 0 Å². The van der Waals surface area contributed by atoms with E-state index in [2.05, 4.69) is 20.9 Å². The Bertz CT molecular complexity index is 1270. The average Bonchev–Trinajstić information content (AvgIpc) is 3.14. The van der Waals surface area contributed by atoms with Crippen LogP contribution in [-0.2, 0) is 16.1 Å². The molecular formula is C23H24N6O4. The first kappa shape index (κ1) is 22.1. The van der Waals surface area contributed by atoms with Crippen LogP contribution < -0.4 is 16.4 Å². The number of aromatic nitrogens is 3. The summed E-state index contributed by atoms with van der Waals surface area (Å²) in [4.78, 5) is 56.4. The summed E-state index contributed by atoms with van der Waals surface area (Å²) in [6.07, 6.45) is 3.92. The average molecular weight is 448 g/mol. The molecule has 1 aliphatic rings. The summed E-state index contributed by atoms with van der Waals surface area (Å²) in [6, 6.07) is 9.76. The van der Waals surface area contributed by atoms with Gasteiger partial charge in [0.2, 0.25) is 11.8 Å². The lowest BCUT2D eigenvalue weighted by molar-refractivity contribution is -0.128. The van der Waals surface area contributed by atoms with Crippen molar-refractivity contribution in [2.24, 2.45) is 5.92 Å². The van der Waals surface area contributed by atoms with Crippen LogP contribution in [0.4, 0.5) is 0 Å². The number of hydrazine groups is 1. The summed E-state index contributed by atoms with van der Waals surface area (Å²) in [6.45, 7) is 2.27. The third-order valence-electron chi connectivity index (χ3n) is 5.77. The molecule has 0 aliphatic carbocycles. The number of carbonyl (C=O) groups excluding carboxylic acids is 3. The highest BCUT2D eigenvalue weighted by atomic mass is 16.2. The predicted octanol–water partition coefficient (Wildman–Crippen LogP) is 1.18. The number of nitrogens with zero attached hydrogens (tertiary/aromatic N) is 4. The molecular weight excluding hydrogens is 424 g/mol. The summed E-state index contributed by atoms with van der Waals surface area (Å²) in [5.41, 5.74) is 5.31. The first-order valence-electron chi connectivity index (χ1n) is 10.7. The van der Waals surface area contributed by atoms with E-state index >= 15 is 0 Å². The molecule has 3 heterocycles. The predicted molar refractivity (Wildman–Crippen MR) is 120 cm³/mol. The van der Waals surface area contributed by atoms with Crippen molar-refractivity contribution in [2.75, 3.05) is 7.05 Å². The van der Waals surface area contributed by atoms with E-state index in [1.54, 1.807) is 55.8 Å². The summed E-state index contributed by atoms with van der Waals surface area (Å²) < 4.78 is 1.25. The van der Waals surface area contributed by atoms with Gasteiger partial charge in [-0.3, -0.25) is 35.0 Å². The SMILES string of the molecule is CCCn1nc(C(=O)NNC(=O)[C@@H]2CC(=O)N(C)[C@H]2c2cccnc2)c2ccccc2c1=O. The van der Waals surface area contributed by atoms with Crippen molar-refractivity contribution in [1.29, 1.82) is 0 Å². The van der Waals surface area contributed by atoms with E-state index in [1.165, 1.54) is 9.58 Å². The zero-order chi connectivity index (χ0) is 23.5. The highest BCUT2D eigenvalue weighted by Gasteiger charge is 2.43. The molecule has 10 heteroatoms. The van der Waals surface area contributed by atoms with E-state index < -0.39 is 23.8 Å². The third-order valence-corrected chi connectivity index (χ3v) is 5.77. The second-order valence-corrected chi connectivity index (χ2v) is 7.91. The number of hydrogen-bond acceptors (Lipinski definition) is 6. The van der Waals surface area contributed by atoms with Gasteiger partial charge < -0.3 is 4.90 Å². The number of rotatable bonds is 5. The van der Waals surface area contributed by atoms with Gasteiger partial charge in [0, 0.05) is 37.8 Å². The molecule has 10 nitrogen and oxygen atoms in total. The molecule has 1 fully saturated rings. The van der Waals surface area contributed by atoms with Crippen LogP contribution in [0, 0.1) is 5.92 Å². The monoisotopic (exact) mass is 448 g/mol. The van der Waals surface area contributed by atoms with Crippen molar-refractivity contribution in [1.82, 2.24) is 30.5 Å². The Hall–Kier alpha value is -4.08. The first-order valence-corrected chi connectivity index (χ1v) is 10.7. The minimum Gasteiger partial charge on any atom is -0.338 e. The van der Waals surface area contributed by atoms with Crippen LogP contribution in [-0.4, -0.2) is 44.4 Å². The van der Waals surface area contributed by atoms with Crippen LogP contribution in [0.1, 0.15) is 41.9 Å². The number of amides is 3. The summed E-state index contributed by atoms with van der Waals surface area (Å²) in [7, 11) is 1.64. The van der Waals surface area contributed by atoms with E-state index in [-0.39, 0.29) is 23.6 Å². The Kier molecular flexibility index (Phi) is 6.16. The second-order valence-electron chi connectivity index (χ2n) is 7.91. The van der Waals surface area contributed by atoms with Gasteiger partial charge in [-0.25, -0.2) is 4.68 Å². The molecule has 0 saturated carbocycles. The topological polar surface area (TPSA) is 126 Å². The van der Waals surface area contributed by atoms with Crippen LogP contribution in [0.3, 0.4) is 0 Å². The maximum atomic E-state index is 12.9. The fraction of sp³-hybridized carbons (Fsp3) is 0.304. The maximum Gasteiger partial charge on any atom is 0.290 e. The standard InChI is InChI=1S/C23H24N6O4/c1-3-11-29-23(33)16-9-5-4-8-15(16)19(27-29)22(32)26-25-21(31)17-12-18(30)28(2)20(17)14-7-6-10-24-13-14/h4-10,13,17,20H,3,11-12H2,1-2H3,(H,25,31)(H,26,32)/t17-,20+/m1/s1. The first-order chi connectivity index (χ1) is 15.9. The molecule has 2 atom stereocenters. The Morgan fingerprint density at radius 3 is 2.55 bits per heavy atom. The fourth-order valence-electron chi connectivity index (χ4n) is 4.15. The van der Waals surface area contributed by atoms with Gasteiger partial charge in [0.1, 0.15) is 0 Å². The minimum absolute atomic E-state index is 0.0142. The van der Waals surface area contributed by atoms with Crippen LogP contribution >= 0.6 is 0 Å². The van der Waals surface area contributed by atoms with Crippen molar-refractivity contribution in [3.8, 4) is 0 Å². The molecule has 170 valence electrons. The molecule has 3 aromatic rings. The van der Waals surface area contributed by atoms with Gasteiger partial charge in [0.15, 0.2) is 5.69 Å². The molecule has 0 bridgehead atoms.